The van der Waals surface area contributed by atoms with E-state index < -0.39 is 5.97 Å². The number of carboxylic acid groups (broad SMARTS) is 1. The molecule has 1 amide bonds. The van der Waals surface area contributed by atoms with Crippen LogP contribution in [0, 0.1) is 0 Å². The second-order valence-corrected chi connectivity index (χ2v) is 5.50. The minimum Gasteiger partial charge on any atom is -0.481 e. The summed E-state index contributed by atoms with van der Waals surface area (Å²) in [4.78, 5) is 32.8. The molecule has 0 aromatic heterocycles. The fraction of sp³-hybridized carbons (Fsp3) is 0.824. The van der Waals surface area contributed by atoms with E-state index >= 15 is 0 Å². The molecule has 0 radical (unpaired) electrons. The average Bonchev–Trinajstić information content (AvgIpc) is 2.58. The lowest BCUT2D eigenvalue weighted by Gasteiger charge is -2.07. The van der Waals surface area contributed by atoms with Crippen molar-refractivity contribution in [1.29, 1.82) is 0 Å². The Morgan fingerprint density at radius 3 is 2.20 bits per heavy atom. The Morgan fingerprint density at radius 2 is 1.52 bits per heavy atom. The Balaban J connectivity index is 3.22. The number of carbonyl (C=O) groups excluding carboxylic acids is 2. The third kappa shape index (κ3) is 18.5. The van der Waals surface area contributed by atoms with Crippen molar-refractivity contribution in [3.05, 3.63) is 0 Å². The van der Waals surface area contributed by atoms with Gasteiger partial charge in [0.15, 0.2) is 0 Å². The second kappa shape index (κ2) is 17.2. The van der Waals surface area contributed by atoms with Crippen LogP contribution in [0.5, 0.6) is 0 Å². The Morgan fingerprint density at radius 1 is 0.840 bits per heavy atom. The van der Waals surface area contributed by atoms with Gasteiger partial charge in [0.1, 0.15) is 6.61 Å². The van der Waals surface area contributed by atoms with E-state index in [4.69, 9.17) is 19.3 Å². The molecule has 0 rings (SSSR count). The molecule has 8 nitrogen and oxygen atoms in total. The fourth-order valence-corrected chi connectivity index (χ4v) is 1.84. The van der Waals surface area contributed by atoms with E-state index in [2.05, 4.69) is 12.2 Å². The SMILES string of the molecule is CCCCCC(=O)OCCOCCOCCCNC(=O)CCC(=O)O. The van der Waals surface area contributed by atoms with Gasteiger partial charge < -0.3 is 24.6 Å². The van der Waals surface area contributed by atoms with Gasteiger partial charge in [0.2, 0.25) is 5.91 Å². The Bertz CT molecular complexity index is 374. The Hall–Kier alpha value is -1.67. The van der Waals surface area contributed by atoms with E-state index in [1.165, 1.54) is 0 Å². The third-order valence-corrected chi connectivity index (χ3v) is 3.20. The Kier molecular flexibility index (Phi) is 16.0. The lowest BCUT2D eigenvalue weighted by Crippen LogP contribution is -2.25. The van der Waals surface area contributed by atoms with Gasteiger partial charge in [-0.1, -0.05) is 19.8 Å². The number of esters is 1. The molecule has 0 aromatic carbocycles. The normalized spacial score (nSPS) is 10.4. The van der Waals surface area contributed by atoms with Crippen LogP contribution in [0.3, 0.4) is 0 Å². The maximum absolute atomic E-state index is 11.3. The maximum Gasteiger partial charge on any atom is 0.305 e. The van der Waals surface area contributed by atoms with Gasteiger partial charge in [-0.05, 0) is 12.8 Å². The van der Waals surface area contributed by atoms with Crippen LogP contribution >= 0.6 is 0 Å². The lowest BCUT2D eigenvalue weighted by atomic mass is 10.2. The molecule has 0 unspecified atom stereocenters. The molecule has 146 valence electrons. The molecule has 0 aliphatic carbocycles. The number of rotatable bonds is 17. The number of carboxylic acids is 1. The van der Waals surface area contributed by atoms with Crippen molar-refractivity contribution in [3.63, 3.8) is 0 Å². The van der Waals surface area contributed by atoms with Crippen molar-refractivity contribution in [2.45, 2.75) is 51.9 Å². The standard InChI is InChI=1S/C17H31NO7/c1-2-3-4-6-17(22)25-14-13-24-12-11-23-10-5-9-18-15(19)7-8-16(20)21/h2-14H2,1H3,(H,18,19)(H,20,21). The third-order valence-electron chi connectivity index (χ3n) is 3.20. The number of aliphatic carboxylic acids is 1. The van der Waals surface area contributed by atoms with E-state index in [1.54, 1.807) is 0 Å². The number of ether oxygens (including phenoxy) is 3. The van der Waals surface area contributed by atoms with Gasteiger partial charge in [0.05, 0.1) is 26.2 Å². The summed E-state index contributed by atoms with van der Waals surface area (Å²) < 4.78 is 15.6. The summed E-state index contributed by atoms with van der Waals surface area (Å²) in [6, 6.07) is 0. The molecule has 8 heteroatoms. The number of hydrogen-bond acceptors (Lipinski definition) is 6. The van der Waals surface area contributed by atoms with Crippen molar-refractivity contribution >= 4 is 17.8 Å². The molecule has 0 saturated carbocycles. The highest BCUT2D eigenvalue weighted by molar-refractivity contribution is 5.80. The second-order valence-electron chi connectivity index (χ2n) is 5.50. The molecular formula is C17H31NO7. The maximum atomic E-state index is 11.3. The molecule has 2 N–H and O–H groups in total. The molecule has 0 fully saturated rings. The van der Waals surface area contributed by atoms with E-state index in [9.17, 15) is 14.4 Å². The van der Waals surface area contributed by atoms with Crippen LogP contribution in [-0.4, -0.2) is 62.5 Å². The molecule has 25 heavy (non-hydrogen) atoms. The number of nitrogens with one attached hydrogen (secondary N) is 1. The number of hydrogen-bond donors (Lipinski definition) is 2. The Labute approximate surface area is 149 Å². The summed E-state index contributed by atoms with van der Waals surface area (Å²) in [5.74, 6) is -1.43. The molecule has 0 heterocycles. The molecule has 0 bridgehead atoms. The highest BCUT2D eigenvalue weighted by Gasteiger charge is 2.04. The van der Waals surface area contributed by atoms with Crippen LogP contribution in [0.25, 0.3) is 0 Å². The van der Waals surface area contributed by atoms with E-state index in [0.29, 0.717) is 45.8 Å². The molecule has 0 saturated heterocycles. The molecular weight excluding hydrogens is 330 g/mol. The van der Waals surface area contributed by atoms with Gasteiger partial charge >= 0.3 is 11.9 Å². The van der Waals surface area contributed by atoms with Gasteiger partial charge in [-0.25, -0.2) is 0 Å². The first-order valence-corrected chi connectivity index (χ1v) is 8.85. The van der Waals surface area contributed by atoms with Crippen LogP contribution < -0.4 is 5.32 Å². The molecule has 0 aromatic rings. The van der Waals surface area contributed by atoms with Crippen molar-refractivity contribution in [1.82, 2.24) is 5.32 Å². The summed E-state index contributed by atoms with van der Waals surface area (Å²) in [5, 5.41) is 11.1. The molecule has 0 spiro atoms. The average molecular weight is 361 g/mol. The first-order valence-electron chi connectivity index (χ1n) is 8.85. The van der Waals surface area contributed by atoms with Crippen LogP contribution in [0.4, 0.5) is 0 Å². The topological polar surface area (TPSA) is 111 Å². The monoisotopic (exact) mass is 361 g/mol. The summed E-state index contributed by atoms with van der Waals surface area (Å²) in [6.07, 6.45) is 3.92. The summed E-state index contributed by atoms with van der Waals surface area (Å²) in [5.41, 5.74) is 0. The highest BCUT2D eigenvalue weighted by atomic mass is 16.6. The van der Waals surface area contributed by atoms with E-state index in [0.717, 1.165) is 19.3 Å². The van der Waals surface area contributed by atoms with Crippen molar-refractivity contribution < 1.29 is 33.7 Å². The van der Waals surface area contributed by atoms with Crippen molar-refractivity contribution in [2.24, 2.45) is 0 Å². The molecule has 0 atom stereocenters. The van der Waals surface area contributed by atoms with Gasteiger partial charge in [-0.3, -0.25) is 14.4 Å². The zero-order chi connectivity index (χ0) is 18.8. The van der Waals surface area contributed by atoms with Crippen molar-refractivity contribution in [2.75, 3.05) is 39.6 Å². The van der Waals surface area contributed by atoms with Gasteiger partial charge in [-0.2, -0.15) is 0 Å². The minimum atomic E-state index is -0.982. The molecule has 0 aliphatic heterocycles. The van der Waals surface area contributed by atoms with Crippen LogP contribution in [-0.2, 0) is 28.6 Å². The highest BCUT2D eigenvalue weighted by Crippen LogP contribution is 2.00. The number of unbranched alkanes of at least 4 members (excludes halogenated alkanes) is 2. The van der Waals surface area contributed by atoms with Crippen LogP contribution in [0.15, 0.2) is 0 Å². The molecule has 0 aliphatic rings. The predicted molar refractivity (Wildman–Crippen MR) is 91.2 cm³/mol. The van der Waals surface area contributed by atoms with Gasteiger partial charge in [0.25, 0.3) is 0 Å². The lowest BCUT2D eigenvalue weighted by molar-refractivity contribution is -0.145. The van der Waals surface area contributed by atoms with Crippen LogP contribution in [0.2, 0.25) is 0 Å². The van der Waals surface area contributed by atoms with Gasteiger partial charge in [0, 0.05) is 26.0 Å². The number of amides is 1. The van der Waals surface area contributed by atoms with Gasteiger partial charge in [-0.15, -0.1) is 0 Å². The summed E-state index contributed by atoms with van der Waals surface area (Å²) in [7, 11) is 0. The zero-order valence-electron chi connectivity index (χ0n) is 15.1. The predicted octanol–water partition coefficient (Wildman–Crippen LogP) is 1.51. The summed E-state index contributed by atoms with van der Waals surface area (Å²) >= 11 is 0. The first-order chi connectivity index (χ1) is 12.1. The smallest absolute Gasteiger partial charge is 0.305 e. The largest absolute Gasteiger partial charge is 0.481 e. The van der Waals surface area contributed by atoms with Crippen molar-refractivity contribution in [3.8, 4) is 0 Å². The number of carbonyl (C=O) groups is 3. The summed E-state index contributed by atoms with van der Waals surface area (Å²) in [6.45, 7) is 4.47. The van der Waals surface area contributed by atoms with E-state index in [1.807, 2.05) is 0 Å². The minimum absolute atomic E-state index is 0.00674. The van der Waals surface area contributed by atoms with Crippen LogP contribution in [0.1, 0.15) is 51.9 Å². The zero-order valence-corrected chi connectivity index (χ0v) is 15.1. The first kappa shape index (κ1) is 23.3. The van der Waals surface area contributed by atoms with E-state index in [-0.39, 0.29) is 31.3 Å². The quantitative estimate of drug-likeness (QED) is 0.298. The fourth-order valence-electron chi connectivity index (χ4n) is 1.84.